The summed E-state index contributed by atoms with van der Waals surface area (Å²) in [7, 11) is 1.40. The molecule has 0 saturated heterocycles. The highest BCUT2D eigenvalue weighted by molar-refractivity contribution is 7.99. The van der Waals surface area contributed by atoms with Gasteiger partial charge in [0.15, 0.2) is 0 Å². The van der Waals surface area contributed by atoms with E-state index in [1.54, 1.807) is 11.8 Å². The van der Waals surface area contributed by atoms with Crippen molar-refractivity contribution < 1.29 is 14.3 Å². The van der Waals surface area contributed by atoms with E-state index in [9.17, 15) is 9.59 Å². The van der Waals surface area contributed by atoms with Crippen LogP contribution in [0.15, 0.2) is 29.2 Å². The molecule has 1 aliphatic rings. The van der Waals surface area contributed by atoms with Crippen LogP contribution in [0.1, 0.15) is 52.5 Å². The molecule has 162 valence electrons. The summed E-state index contributed by atoms with van der Waals surface area (Å²) in [6, 6.07) is 8.43. The number of hydrogen-bond acceptors (Lipinski definition) is 6. The fourth-order valence-corrected chi connectivity index (χ4v) is 5.76. The van der Waals surface area contributed by atoms with Crippen molar-refractivity contribution in [2.75, 3.05) is 31.3 Å². The van der Waals surface area contributed by atoms with Crippen molar-refractivity contribution in [3.63, 3.8) is 0 Å². The smallest absolute Gasteiger partial charge is 0.341 e. The highest BCUT2D eigenvalue weighted by Gasteiger charge is 2.28. The van der Waals surface area contributed by atoms with Gasteiger partial charge in [0.2, 0.25) is 5.91 Å². The molecule has 5 nitrogen and oxygen atoms in total. The number of benzene rings is 1. The van der Waals surface area contributed by atoms with Gasteiger partial charge in [0, 0.05) is 29.3 Å². The van der Waals surface area contributed by atoms with E-state index in [0.29, 0.717) is 17.0 Å². The second-order valence-electron chi connectivity index (χ2n) is 7.54. The Hall–Kier alpha value is -1.83. The zero-order chi connectivity index (χ0) is 21.5. The number of esters is 1. The van der Waals surface area contributed by atoms with Crippen molar-refractivity contribution in [1.82, 2.24) is 4.90 Å². The van der Waals surface area contributed by atoms with E-state index in [0.717, 1.165) is 50.2 Å². The predicted octanol–water partition coefficient (Wildman–Crippen LogP) is 5.12. The van der Waals surface area contributed by atoms with Gasteiger partial charge in [-0.25, -0.2) is 4.79 Å². The minimum absolute atomic E-state index is 0.0475. The number of rotatable bonds is 9. The summed E-state index contributed by atoms with van der Waals surface area (Å²) in [5, 5.41) is 3.63. The van der Waals surface area contributed by atoms with Crippen LogP contribution in [0.3, 0.4) is 0 Å². The fraction of sp³-hybridized carbons (Fsp3) is 0.478. The first-order chi connectivity index (χ1) is 14.5. The summed E-state index contributed by atoms with van der Waals surface area (Å²) in [6.45, 7) is 7.06. The van der Waals surface area contributed by atoms with Gasteiger partial charge < -0.3 is 10.1 Å². The maximum Gasteiger partial charge on any atom is 0.341 e. The summed E-state index contributed by atoms with van der Waals surface area (Å²) < 4.78 is 5.01. The van der Waals surface area contributed by atoms with E-state index >= 15 is 0 Å². The van der Waals surface area contributed by atoms with Crippen molar-refractivity contribution in [2.24, 2.45) is 0 Å². The molecular weight excluding hydrogens is 416 g/mol. The quantitative estimate of drug-likeness (QED) is 0.329. The first-order valence-electron chi connectivity index (χ1n) is 10.5. The van der Waals surface area contributed by atoms with Gasteiger partial charge in [-0.3, -0.25) is 9.69 Å². The van der Waals surface area contributed by atoms with Gasteiger partial charge in [0.05, 0.1) is 12.7 Å². The molecule has 1 aliphatic heterocycles. The molecule has 0 saturated carbocycles. The molecule has 0 aliphatic carbocycles. The molecule has 1 aromatic carbocycles. The molecule has 0 spiro atoms. The van der Waals surface area contributed by atoms with Crippen LogP contribution >= 0.6 is 23.1 Å². The molecule has 0 radical (unpaired) electrons. The van der Waals surface area contributed by atoms with Crippen LogP contribution in [0.25, 0.3) is 0 Å². The zero-order valence-electron chi connectivity index (χ0n) is 18.0. The second-order valence-corrected chi connectivity index (χ2v) is 9.81. The lowest BCUT2D eigenvalue weighted by molar-refractivity contribution is -0.116. The van der Waals surface area contributed by atoms with E-state index in [1.807, 2.05) is 0 Å². The number of aryl methyl sites for hydroxylation is 1. The minimum atomic E-state index is -0.360. The predicted molar refractivity (Wildman–Crippen MR) is 125 cm³/mol. The van der Waals surface area contributed by atoms with E-state index < -0.39 is 0 Å². The Morgan fingerprint density at radius 1 is 1.27 bits per heavy atom. The van der Waals surface area contributed by atoms with Gasteiger partial charge in [-0.2, -0.15) is 0 Å². The third-order valence-electron chi connectivity index (χ3n) is 5.16. The van der Waals surface area contributed by atoms with Crippen LogP contribution in [0.5, 0.6) is 0 Å². The lowest BCUT2D eigenvalue weighted by atomic mass is 10.0. The number of fused-ring (bicyclic) bond motifs is 1. The Morgan fingerprint density at radius 3 is 2.73 bits per heavy atom. The fourth-order valence-electron chi connectivity index (χ4n) is 3.62. The number of methoxy groups -OCH3 is 1. The van der Waals surface area contributed by atoms with Crippen LogP contribution in [-0.2, 0) is 22.5 Å². The lowest BCUT2D eigenvalue weighted by Gasteiger charge is -2.26. The molecule has 1 aromatic heterocycles. The summed E-state index contributed by atoms with van der Waals surface area (Å²) in [5.74, 6) is 0.475. The van der Waals surface area contributed by atoms with Crippen LogP contribution in [-0.4, -0.2) is 42.7 Å². The van der Waals surface area contributed by atoms with Gasteiger partial charge >= 0.3 is 5.97 Å². The summed E-state index contributed by atoms with van der Waals surface area (Å²) >= 11 is 3.28. The average Bonchev–Trinajstić information content (AvgIpc) is 3.09. The van der Waals surface area contributed by atoms with Crippen molar-refractivity contribution >= 4 is 40.0 Å². The highest BCUT2D eigenvalue weighted by atomic mass is 32.2. The Kier molecular flexibility index (Phi) is 8.36. The van der Waals surface area contributed by atoms with Crippen LogP contribution in [0, 0.1) is 6.92 Å². The Bertz CT molecular complexity index is 877. The van der Waals surface area contributed by atoms with Crippen LogP contribution in [0.4, 0.5) is 5.00 Å². The average molecular weight is 447 g/mol. The number of carbonyl (C=O) groups excluding carboxylic acids is 2. The standard InChI is InChI=1S/C23H30N2O3S2/c1-4-12-25-13-11-18-19(15-25)30-22(21(18)23(27)28-3)24-20(26)6-5-14-29-17-9-7-16(2)8-10-17/h7-10H,4-6,11-15H2,1-3H3,(H,24,26). The van der Waals surface area contributed by atoms with Crippen molar-refractivity contribution in [3.05, 3.63) is 45.8 Å². The molecule has 30 heavy (non-hydrogen) atoms. The molecule has 0 unspecified atom stereocenters. The molecule has 0 bridgehead atoms. The number of nitrogens with zero attached hydrogens (tertiary/aromatic N) is 1. The number of ether oxygens (including phenoxy) is 1. The van der Waals surface area contributed by atoms with Crippen molar-refractivity contribution in [2.45, 2.75) is 51.0 Å². The summed E-state index contributed by atoms with van der Waals surface area (Å²) in [6.07, 6.45) is 3.14. The maximum atomic E-state index is 12.5. The van der Waals surface area contributed by atoms with Crippen LogP contribution < -0.4 is 5.32 Å². The van der Waals surface area contributed by atoms with E-state index in [4.69, 9.17) is 4.74 Å². The monoisotopic (exact) mass is 446 g/mol. The maximum absolute atomic E-state index is 12.5. The molecule has 3 rings (SSSR count). The molecule has 0 atom stereocenters. The van der Waals surface area contributed by atoms with E-state index in [2.05, 4.69) is 48.3 Å². The summed E-state index contributed by atoms with van der Waals surface area (Å²) in [5.41, 5.74) is 2.84. The van der Waals surface area contributed by atoms with E-state index in [1.165, 1.54) is 33.8 Å². The lowest BCUT2D eigenvalue weighted by Crippen LogP contribution is -2.30. The number of thiophene rings is 1. The number of nitrogens with one attached hydrogen (secondary N) is 1. The third-order valence-corrected chi connectivity index (χ3v) is 7.39. The normalized spacial score (nSPS) is 13.7. The molecular formula is C23H30N2O3S2. The molecule has 1 N–H and O–H groups in total. The van der Waals surface area contributed by atoms with Gasteiger partial charge in [0.25, 0.3) is 0 Å². The van der Waals surface area contributed by atoms with Gasteiger partial charge in [-0.15, -0.1) is 23.1 Å². The molecule has 7 heteroatoms. The zero-order valence-corrected chi connectivity index (χ0v) is 19.6. The number of hydrogen-bond donors (Lipinski definition) is 1. The minimum Gasteiger partial charge on any atom is -0.465 e. The third kappa shape index (κ3) is 5.86. The number of thioether (sulfide) groups is 1. The molecule has 2 heterocycles. The Balaban J connectivity index is 1.58. The first kappa shape index (κ1) is 22.8. The van der Waals surface area contributed by atoms with Crippen molar-refractivity contribution in [1.29, 1.82) is 0 Å². The number of carbonyl (C=O) groups is 2. The second kappa shape index (κ2) is 11.0. The highest BCUT2D eigenvalue weighted by Crippen LogP contribution is 2.37. The van der Waals surface area contributed by atoms with Crippen molar-refractivity contribution in [3.8, 4) is 0 Å². The summed E-state index contributed by atoms with van der Waals surface area (Å²) in [4.78, 5) is 29.7. The number of amides is 1. The molecule has 2 aromatic rings. The Morgan fingerprint density at radius 2 is 2.03 bits per heavy atom. The largest absolute Gasteiger partial charge is 0.465 e. The van der Waals surface area contributed by atoms with Gasteiger partial charge in [0.1, 0.15) is 5.00 Å². The molecule has 1 amide bonds. The Labute approximate surface area is 187 Å². The van der Waals surface area contributed by atoms with Crippen LogP contribution in [0.2, 0.25) is 0 Å². The topological polar surface area (TPSA) is 58.6 Å². The van der Waals surface area contributed by atoms with Gasteiger partial charge in [-0.05, 0) is 56.2 Å². The van der Waals surface area contributed by atoms with Gasteiger partial charge in [-0.1, -0.05) is 24.6 Å². The first-order valence-corrected chi connectivity index (χ1v) is 12.3. The van der Waals surface area contributed by atoms with E-state index in [-0.39, 0.29) is 11.9 Å². The number of anilines is 1. The molecule has 0 fully saturated rings. The SMILES string of the molecule is CCCN1CCc2c(sc(NC(=O)CCCSc3ccc(C)cc3)c2C(=O)OC)C1.